The van der Waals surface area contributed by atoms with Crippen molar-refractivity contribution in [2.45, 2.75) is 26.3 Å². The Hall–Kier alpha value is -1.65. The van der Waals surface area contributed by atoms with E-state index in [0.717, 1.165) is 35.0 Å². The van der Waals surface area contributed by atoms with Crippen molar-refractivity contribution in [1.82, 2.24) is 0 Å². The largest absolute Gasteiger partial charge is 0.396 e. The third-order valence-electron chi connectivity index (χ3n) is 3.66. The Morgan fingerprint density at radius 3 is 2.43 bits per heavy atom. The third-order valence-corrected chi connectivity index (χ3v) is 3.88. The molecule has 0 spiro atoms. The highest BCUT2D eigenvalue weighted by molar-refractivity contribution is 7.80. The number of aliphatic hydroxyl groups is 1. The van der Waals surface area contributed by atoms with Crippen molar-refractivity contribution < 1.29 is 5.11 Å². The highest BCUT2D eigenvalue weighted by Crippen LogP contribution is 2.30. The Bertz CT molecular complexity index is 640. The summed E-state index contributed by atoms with van der Waals surface area (Å²) < 4.78 is 0. The van der Waals surface area contributed by atoms with Gasteiger partial charge in [-0.3, -0.25) is 0 Å². The Balaban J connectivity index is 2.58. The Morgan fingerprint density at radius 2 is 1.86 bits per heavy atom. The number of anilines is 1. The lowest BCUT2D eigenvalue weighted by atomic mass is 10.0. The zero-order valence-corrected chi connectivity index (χ0v) is 13.4. The molecule has 0 aliphatic heterocycles. The van der Waals surface area contributed by atoms with Crippen LogP contribution in [0.2, 0.25) is 0 Å². The van der Waals surface area contributed by atoms with Crippen LogP contribution in [-0.2, 0) is 0 Å². The molecule has 0 saturated heterocycles. The fraction of sp³-hybridized carbons (Fsp3) is 0.353. The molecule has 0 radical (unpaired) electrons. The molecule has 2 aromatic carbocycles. The van der Waals surface area contributed by atoms with E-state index in [-0.39, 0.29) is 6.61 Å². The van der Waals surface area contributed by atoms with Gasteiger partial charge in [0.25, 0.3) is 0 Å². The van der Waals surface area contributed by atoms with Crippen molar-refractivity contribution in [1.29, 1.82) is 0 Å². The number of nitrogens with zero attached hydrogens (tertiary/aromatic N) is 1. The molecular weight excluding hydrogens is 280 g/mol. The summed E-state index contributed by atoms with van der Waals surface area (Å²) in [6.45, 7) is 5.35. The number of fused-ring (bicyclic) bond motifs is 1. The van der Waals surface area contributed by atoms with Gasteiger partial charge in [0.05, 0.1) is 0 Å². The van der Waals surface area contributed by atoms with Gasteiger partial charge in [-0.15, -0.1) is 0 Å². The molecule has 2 rings (SSSR count). The summed E-state index contributed by atoms with van der Waals surface area (Å²) in [5, 5.41) is 11.3. The van der Waals surface area contributed by atoms with Gasteiger partial charge in [-0.2, -0.15) is 0 Å². The number of thiocarbonyl (C=S) groups is 1. The first-order valence-electron chi connectivity index (χ1n) is 7.25. The molecule has 21 heavy (non-hydrogen) atoms. The molecular formula is C17H22N2OS. The fourth-order valence-electron chi connectivity index (χ4n) is 2.65. The smallest absolute Gasteiger partial charge is 0.104 e. The predicted molar refractivity (Wildman–Crippen MR) is 94.0 cm³/mol. The monoisotopic (exact) mass is 302 g/mol. The first kappa shape index (κ1) is 15.7. The van der Waals surface area contributed by atoms with Crippen LogP contribution in [0, 0.1) is 0 Å². The number of nitrogens with two attached hydrogens (primary N) is 1. The van der Waals surface area contributed by atoms with Gasteiger partial charge < -0.3 is 15.7 Å². The van der Waals surface area contributed by atoms with Crippen molar-refractivity contribution in [2.75, 3.05) is 18.1 Å². The zero-order valence-electron chi connectivity index (χ0n) is 12.5. The van der Waals surface area contributed by atoms with E-state index in [1.807, 2.05) is 18.2 Å². The second-order valence-electron chi connectivity index (χ2n) is 5.41. The summed E-state index contributed by atoms with van der Waals surface area (Å²) in [6.07, 6.45) is 0.754. The summed E-state index contributed by atoms with van der Waals surface area (Å²) in [4.78, 5) is 2.73. The first-order valence-corrected chi connectivity index (χ1v) is 7.66. The Labute approximate surface area is 131 Å². The van der Waals surface area contributed by atoms with Gasteiger partial charge >= 0.3 is 0 Å². The molecule has 0 unspecified atom stereocenters. The van der Waals surface area contributed by atoms with Crippen LogP contribution in [0.5, 0.6) is 0 Å². The van der Waals surface area contributed by atoms with Gasteiger partial charge in [0, 0.05) is 35.8 Å². The summed E-state index contributed by atoms with van der Waals surface area (Å²) >= 11 is 5.15. The molecule has 112 valence electrons. The van der Waals surface area contributed by atoms with Crippen LogP contribution in [0.3, 0.4) is 0 Å². The maximum Gasteiger partial charge on any atom is 0.104 e. The lowest BCUT2D eigenvalue weighted by Crippen LogP contribution is -2.32. The van der Waals surface area contributed by atoms with Gasteiger partial charge in [-0.1, -0.05) is 36.5 Å². The van der Waals surface area contributed by atoms with Crippen LogP contribution in [0.15, 0.2) is 36.4 Å². The van der Waals surface area contributed by atoms with Crippen LogP contribution in [-0.4, -0.2) is 29.3 Å². The average Bonchev–Trinajstić information content (AvgIpc) is 2.47. The summed E-state index contributed by atoms with van der Waals surface area (Å²) in [5.74, 6) is 0. The van der Waals surface area contributed by atoms with Crippen molar-refractivity contribution in [3.63, 3.8) is 0 Å². The number of benzene rings is 2. The number of hydrogen-bond acceptors (Lipinski definition) is 3. The van der Waals surface area contributed by atoms with E-state index in [1.165, 1.54) is 0 Å². The standard InChI is InChI=1S/C17H22N2OS/c1-12(2)19(10-5-11-20)16-9-8-15(17(18)21)13-6-3-4-7-14(13)16/h3-4,6-9,12,20H,5,10-11H2,1-2H3,(H2,18,21). The minimum Gasteiger partial charge on any atom is -0.396 e. The minimum absolute atomic E-state index is 0.201. The second-order valence-corrected chi connectivity index (χ2v) is 5.85. The van der Waals surface area contributed by atoms with E-state index < -0.39 is 0 Å². The Morgan fingerprint density at radius 1 is 1.19 bits per heavy atom. The molecule has 0 bridgehead atoms. The van der Waals surface area contributed by atoms with Crippen LogP contribution < -0.4 is 10.6 Å². The van der Waals surface area contributed by atoms with E-state index >= 15 is 0 Å². The zero-order chi connectivity index (χ0) is 15.4. The lowest BCUT2D eigenvalue weighted by molar-refractivity contribution is 0.288. The molecule has 0 aliphatic carbocycles. The molecule has 0 aromatic heterocycles. The van der Waals surface area contributed by atoms with Gasteiger partial charge in [0.15, 0.2) is 0 Å². The maximum atomic E-state index is 9.11. The van der Waals surface area contributed by atoms with E-state index in [0.29, 0.717) is 11.0 Å². The number of aliphatic hydroxyl groups excluding tert-OH is 1. The molecule has 3 N–H and O–H groups in total. The Kier molecular flexibility index (Phi) is 5.15. The third kappa shape index (κ3) is 3.34. The molecule has 0 atom stereocenters. The normalized spacial score (nSPS) is 11.0. The molecule has 0 fully saturated rings. The molecule has 2 aromatic rings. The van der Waals surface area contributed by atoms with Gasteiger partial charge in [0.1, 0.15) is 4.99 Å². The van der Waals surface area contributed by atoms with Gasteiger partial charge in [0.2, 0.25) is 0 Å². The number of rotatable bonds is 6. The SMILES string of the molecule is CC(C)N(CCCO)c1ccc(C(N)=S)c2ccccc12. The fourth-order valence-corrected chi connectivity index (χ4v) is 2.82. The molecule has 0 saturated carbocycles. The number of hydrogen-bond donors (Lipinski definition) is 2. The van der Waals surface area contributed by atoms with Crippen molar-refractivity contribution in [3.05, 3.63) is 42.0 Å². The van der Waals surface area contributed by atoms with Crippen LogP contribution >= 0.6 is 12.2 Å². The van der Waals surface area contributed by atoms with E-state index in [4.69, 9.17) is 23.1 Å². The van der Waals surface area contributed by atoms with Gasteiger partial charge in [-0.25, -0.2) is 0 Å². The van der Waals surface area contributed by atoms with Crippen LogP contribution in [0.1, 0.15) is 25.8 Å². The topological polar surface area (TPSA) is 49.5 Å². The first-order chi connectivity index (χ1) is 10.1. The van der Waals surface area contributed by atoms with Crippen molar-refractivity contribution in [2.24, 2.45) is 5.73 Å². The molecule has 0 heterocycles. The van der Waals surface area contributed by atoms with Gasteiger partial charge in [-0.05, 0) is 37.8 Å². The minimum atomic E-state index is 0.201. The highest BCUT2D eigenvalue weighted by Gasteiger charge is 2.15. The van der Waals surface area contributed by atoms with E-state index in [2.05, 4.69) is 36.9 Å². The summed E-state index contributed by atoms with van der Waals surface area (Å²) in [6, 6.07) is 12.6. The molecule has 4 heteroatoms. The quantitative estimate of drug-likeness (QED) is 0.805. The predicted octanol–water partition coefficient (Wildman–Crippen LogP) is 3.07. The lowest BCUT2D eigenvalue weighted by Gasteiger charge is -2.30. The summed E-state index contributed by atoms with van der Waals surface area (Å²) in [7, 11) is 0. The molecule has 0 aliphatic rings. The van der Waals surface area contributed by atoms with Crippen LogP contribution in [0.4, 0.5) is 5.69 Å². The van der Waals surface area contributed by atoms with Crippen LogP contribution in [0.25, 0.3) is 10.8 Å². The average molecular weight is 302 g/mol. The van der Waals surface area contributed by atoms with E-state index in [1.54, 1.807) is 0 Å². The molecule has 3 nitrogen and oxygen atoms in total. The van der Waals surface area contributed by atoms with Crippen molar-refractivity contribution >= 4 is 33.7 Å². The maximum absolute atomic E-state index is 9.11. The highest BCUT2D eigenvalue weighted by atomic mass is 32.1. The second kappa shape index (κ2) is 6.87. The van der Waals surface area contributed by atoms with Crippen molar-refractivity contribution in [3.8, 4) is 0 Å². The van der Waals surface area contributed by atoms with E-state index in [9.17, 15) is 0 Å². The molecule has 0 amide bonds. The summed E-state index contributed by atoms with van der Waals surface area (Å²) in [5.41, 5.74) is 7.90.